The molecule has 0 saturated heterocycles. The number of halogens is 1. The van der Waals surface area contributed by atoms with Crippen LogP contribution >= 0.6 is 11.8 Å². The van der Waals surface area contributed by atoms with E-state index in [0.29, 0.717) is 0 Å². The summed E-state index contributed by atoms with van der Waals surface area (Å²) in [6, 6.07) is 12.7. The van der Waals surface area contributed by atoms with Crippen LogP contribution in [0.4, 0.5) is 25.4 Å². The van der Waals surface area contributed by atoms with Gasteiger partial charge in [0.25, 0.3) is 0 Å². The largest absolute Gasteiger partial charge is 0.444 e. The molecule has 0 fully saturated rings. The van der Waals surface area contributed by atoms with Crippen LogP contribution in [0.5, 0.6) is 0 Å². The third kappa shape index (κ3) is 5.43. The first-order valence-corrected chi connectivity index (χ1v) is 12.7. The maximum absolute atomic E-state index is 13.9. The molecule has 0 radical (unpaired) electrons. The Balaban J connectivity index is 1.53. The number of carbonyl (C=O) groups excluding carboxylic acids is 2. The van der Waals surface area contributed by atoms with Gasteiger partial charge in [-0.15, -0.1) is 0 Å². The average Bonchev–Trinajstić information content (AvgIpc) is 3.03. The minimum atomic E-state index is -0.593. The lowest BCUT2D eigenvalue weighted by Gasteiger charge is -2.28. The number of nitrogens with one attached hydrogen (secondary N) is 1. The number of hydrogen-bond donors (Lipinski definition) is 1. The van der Waals surface area contributed by atoms with Crippen molar-refractivity contribution >= 4 is 40.2 Å². The van der Waals surface area contributed by atoms with Crippen molar-refractivity contribution in [2.45, 2.75) is 44.7 Å². The summed E-state index contributed by atoms with van der Waals surface area (Å²) in [6.45, 7) is 7.79. The molecule has 0 bridgehead atoms. The van der Waals surface area contributed by atoms with E-state index in [1.54, 1.807) is 32.9 Å². The second-order valence-corrected chi connectivity index (χ2v) is 11.2. The van der Waals surface area contributed by atoms with Crippen LogP contribution in [0, 0.1) is 5.82 Å². The van der Waals surface area contributed by atoms with Crippen molar-refractivity contribution in [1.29, 1.82) is 0 Å². The van der Waals surface area contributed by atoms with Gasteiger partial charge in [-0.2, -0.15) is 5.10 Å². The number of hydrazone groups is 1. The van der Waals surface area contributed by atoms with Gasteiger partial charge in [0.2, 0.25) is 0 Å². The molecule has 8 nitrogen and oxygen atoms in total. The van der Waals surface area contributed by atoms with Crippen LogP contribution in [0.25, 0.3) is 0 Å². The highest BCUT2D eigenvalue weighted by atomic mass is 32.2. The minimum Gasteiger partial charge on any atom is -0.444 e. The molecule has 2 aliphatic rings. The van der Waals surface area contributed by atoms with Gasteiger partial charge in [0.15, 0.2) is 0 Å². The lowest BCUT2D eigenvalue weighted by molar-refractivity contribution is 0.0524. The molecule has 2 unspecified atom stereocenters. The Bertz CT molecular complexity index is 1200. The third-order valence-electron chi connectivity index (χ3n) is 6.01. The fraction of sp³-hybridized carbons (Fsp3) is 0.423. The Hall–Kier alpha value is -3.27. The number of amides is 2. The molecule has 192 valence electrons. The number of benzene rings is 2. The molecule has 0 aromatic heterocycles. The standard InChI is InChI=1S/C26H32FN5O3S/c1-16-22(29-32(25(34)36-16)13-12-28-24(33)35-26(2,3)4)17-10-11-20-21(15-17)31(6)23(30(20)5)18-8-7-9-19(27)14-18/h7-11,14-16,23H,12-13H2,1-6H3,(H,28,33). The summed E-state index contributed by atoms with van der Waals surface area (Å²) in [4.78, 5) is 28.7. The summed E-state index contributed by atoms with van der Waals surface area (Å²) in [5.74, 6) is -0.265. The smallest absolute Gasteiger partial charge is 0.407 e. The lowest BCUT2D eigenvalue weighted by Crippen LogP contribution is -2.40. The number of carbonyl (C=O) groups is 2. The van der Waals surface area contributed by atoms with Gasteiger partial charge >= 0.3 is 11.3 Å². The summed E-state index contributed by atoms with van der Waals surface area (Å²) >= 11 is 1.20. The molecule has 0 saturated carbocycles. The Morgan fingerprint density at radius 3 is 2.56 bits per heavy atom. The van der Waals surface area contributed by atoms with Gasteiger partial charge < -0.3 is 19.9 Å². The van der Waals surface area contributed by atoms with Gasteiger partial charge in [0.05, 0.1) is 28.9 Å². The Labute approximate surface area is 215 Å². The van der Waals surface area contributed by atoms with Gasteiger partial charge in [-0.05, 0) is 57.5 Å². The molecule has 2 atom stereocenters. The van der Waals surface area contributed by atoms with Crippen LogP contribution in [-0.2, 0) is 4.74 Å². The van der Waals surface area contributed by atoms with Crippen LogP contribution in [0.3, 0.4) is 0 Å². The number of nitrogens with zero attached hydrogens (tertiary/aromatic N) is 4. The number of anilines is 2. The van der Waals surface area contributed by atoms with E-state index in [0.717, 1.165) is 28.2 Å². The molecule has 10 heteroatoms. The zero-order valence-corrected chi connectivity index (χ0v) is 22.2. The molecule has 2 aliphatic heterocycles. The monoisotopic (exact) mass is 513 g/mol. The van der Waals surface area contributed by atoms with Crippen LogP contribution in [-0.4, -0.2) is 60.1 Å². The number of thioether (sulfide) groups is 1. The molecule has 1 N–H and O–H groups in total. The molecular weight excluding hydrogens is 481 g/mol. The molecule has 2 aromatic rings. The highest BCUT2D eigenvalue weighted by molar-refractivity contribution is 8.14. The lowest BCUT2D eigenvalue weighted by atomic mass is 10.1. The molecule has 0 aliphatic carbocycles. The Morgan fingerprint density at radius 1 is 1.14 bits per heavy atom. The molecule has 4 rings (SSSR count). The van der Waals surface area contributed by atoms with Crippen molar-refractivity contribution in [1.82, 2.24) is 10.3 Å². The summed E-state index contributed by atoms with van der Waals surface area (Å²) in [7, 11) is 3.98. The normalized spacial score (nSPS) is 19.8. The maximum atomic E-state index is 13.9. The first kappa shape index (κ1) is 25.8. The number of fused-ring (bicyclic) bond motifs is 1. The van der Waals surface area contributed by atoms with E-state index in [4.69, 9.17) is 4.74 Å². The van der Waals surface area contributed by atoms with Crippen molar-refractivity contribution < 1.29 is 18.7 Å². The number of rotatable bonds is 5. The minimum absolute atomic E-state index is 0.130. The molecule has 2 heterocycles. The van der Waals surface area contributed by atoms with E-state index in [1.807, 2.05) is 39.2 Å². The Kier molecular flexibility index (Phi) is 7.17. The van der Waals surface area contributed by atoms with Gasteiger partial charge in [0.1, 0.15) is 17.6 Å². The molecular formula is C26H32FN5O3S. The van der Waals surface area contributed by atoms with Gasteiger partial charge in [-0.1, -0.05) is 30.0 Å². The van der Waals surface area contributed by atoms with E-state index < -0.39 is 11.7 Å². The zero-order valence-electron chi connectivity index (χ0n) is 21.4. The summed E-state index contributed by atoms with van der Waals surface area (Å²) < 4.78 is 19.2. The van der Waals surface area contributed by atoms with Gasteiger partial charge in [-0.3, -0.25) is 4.79 Å². The van der Waals surface area contributed by atoms with Crippen LogP contribution in [0.1, 0.15) is 45.0 Å². The van der Waals surface area contributed by atoms with Crippen LogP contribution < -0.4 is 15.1 Å². The fourth-order valence-electron chi connectivity index (χ4n) is 4.43. The van der Waals surface area contributed by atoms with E-state index in [-0.39, 0.29) is 35.6 Å². The predicted molar refractivity (Wildman–Crippen MR) is 142 cm³/mol. The van der Waals surface area contributed by atoms with Crippen molar-refractivity contribution in [3.05, 3.63) is 59.4 Å². The predicted octanol–water partition coefficient (Wildman–Crippen LogP) is 5.20. The second kappa shape index (κ2) is 10.0. The fourth-order valence-corrected chi connectivity index (χ4v) is 5.28. The van der Waals surface area contributed by atoms with Crippen molar-refractivity contribution in [2.24, 2.45) is 5.10 Å². The number of ether oxygens (including phenoxy) is 1. The highest BCUT2D eigenvalue weighted by Gasteiger charge is 2.34. The van der Waals surface area contributed by atoms with E-state index in [9.17, 15) is 14.0 Å². The molecule has 2 aromatic carbocycles. The maximum Gasteiger partial charge on any atom is 0.407 e. The van der Waals surface area contributed by atoms with Crippen LogP contribution in [0.2, 0.25) is 0 Å². The van der Waals surface area contributed by atoms with Crippen molar-refractivity contribution in [2.75, 3.05) is 37.0 Å². The van der Waals surface area contributed by atoms with E-state index >= 15 is 0 Å². The van der Waals surface area contributed by atoms with Crippen LogP contribution in [0.15, 0.2) is 47.6 Å². The molecule has 36 heavy (non-hydrogen) atoms. The van der Waals surface area contributed by atoms with Crippen molar-refractivity contribution in [3.63, 3.8) is 0 Å². The number of hydrogen-bond acceptors (Lipinski definition) is 7. The summed E-state index contributed by atoms with van der Waals surface area (Å²) in [6.07, 6.45) is -0.668. The zero-order chi connectivity index (χ0) is 26.2. The topological polar surface area (TPSA) is 77.5 Å². The third-order valence-corrected chi connectivity index (χ3v) is 6.99. The van der Waals surface area contributed by atoms with E-state index in [1.165, 1.54) is 22.8 Å². The molecule has 0 spiro atoms. The molecule has 2 amide bonds. The van der Waals surface area contributed by atoms with Gasteiger partial charge in [-0.25, -0.2) is 14.2 Å². The summed E-state index contributed by atoms with van der Waals surface area (Å²) in [5.41, 5.74) is 3.99. The summed E-state index contributed by atoms with van der Waals surface area (Å²) in [5, 5.41) is 8.41. The quantitative estimate of drug-likeness (QED) is 0.593. The first-order chi connectivity index (χ1) is 16.9. The van der Waals surface area contributed by atoms with Gasteiger partial charge in [0, 0.05) is 26.2 Å². The first-order valence-electron chi connectivity index (χ1n) is 11.8. The number of alkyl carbamates (subject to hydrolysis) is 1. The SMILES string of the molecule is CC1SC(=O)N(CCNC(=O)OC(C)(C)C)N=C1c1ccc2c(c1)N(C)C(c1cccc(F)c1)N2C. The van der Waals surface area contributed by atoms with E-state index in [2.05, 4.69) is 26.3 Å². The average molecular weight is 514 g/mol. The Morgan fingerprint density at radius 2 is 1.86 bits per heavy atom. The highest BCUT2D eigenvalue weighted by Crippen LogP contribution is 2.45. The van der Waals surface area contributed by atoms with Crippen molar-refractivity contribution in [3.8, 4) is 0 Å². The second-order valence-electron chi connectivity index (χ2n) is 9.92.